The third-order valence-electron chi connectivity index (χ3n) is 6.14. The second-order valence-electron chi connectivity index (χ2n) is 9.29. The zero-order chi connectivity index (χ0) is 17.2. The lowest BCUT2D eigenvalue weighted by molar-refractivity contribution is -0.199. The van der Waals surface area contributed by atoms with Crippen LogP contribution in [0.2, 0.25) is 0 Å². The molecular formula is C17H31BClNO4. The number of nitrogens with two attached hydrogens (primary N) is 1. The number of carbonyl (C=O) groups is 1. The normalized spacial score (nSPS) is 37.8. The van der Waals surface area contributed by atoms with Crippen molar-refractivity contribution >= 4 is 25.5 Å². The van der Waals surface area contributed by atoms with Crippen LogP contribution in [0.1, 0.15) is 60.8 Å². The Morgan fingerprint density at radius 1 is 1.33 bits per heavy atom. The molecule has 3 aliphatic carbocycles. The Kier molecular flexibility index (Phi) is 5.13. The monoisotopic (exact) mass is 359 g/mol. The van der Waals surface area contributed by atoms with Crippen molar-refractivity contribution in [1.82, 2.24) is 0 Å². The van der Waals surface area contributed by atoms with Gasteiger partial charge in [0.15, 0.2) is 0 Å². The van der Waals surface area contributed by atoms with Gasteiger partial charge in [0.1, 0.15) is 5.60 Å². The van der Waals surface area contributed by atoms with Crippen LogP contribution in [-0.4, -0.2) is 36.3 Å². The topological polar surface area (TPSA) is 70.8 Å². The van der Waals surface area contributed by atoms with Crippen LogP contribution in [-0.2, 0) is 18.8 Å². The summed E-state index contributed by atoms with van der Waals surface area (Å²) in [7, 11) is -0.521. The van der Waals surface area contributed by atoms with Gasteiger partial charge in [0.25, 0.3) is 0 Å². The van der Waals surface area contributed by atoms with E-state index in [4.69, 9.17) is 19.8 Å². The predicted molar refractivity (Wildman–Crippen MR) is 95.8 cm³/mol. The van der Waals surface area contributed by atoms with E-state index in [1.807, 2.05) is 20.8 Å². The molecule has 24 heavy (non-hydrogen) atoms. The summed E-state index contributed by atoms with van der Waals surface area (Å²) in [6.07, 6.45) is 2.43. The Morgan fingerprint density at radius 2 is 1.96 bits per heavy atom. The third-order valence-corrected chi connectivity index (χ3v) is 6.14. The fourth-order valence-electron chi connectivity index (χ4n) is 4.75. The molecule has 4 aliphatic rings. The number of rotatable bonds is 3. The van der Waals surface area contributed by atoms with Crippen molar-refractivity contribution in [2.24, 2.45) is 23.0 Å². The van der Waals surface area contributed by atoms with Gasteiger partial charge < -0.3 is 19.8 Å². The highest BCUT2D eigenvalue weighted by atomic mass is 35.5. The van der Waals surface area contributed by atoms with Gasteiger partial charge in [-0.05, 0) is 57.8 Å². The molecule has 0 aromatic heterocycles. The van der Waals surface area contributed by atoms with Crippen molar-refractivity contribution < 1.29 is 18.8 Å². The highest BCUT2D eigenvalue weighted by Crippen LogP contribution is 2.65. The molecule has 2 N–H and O–H groups in total. The van der Waals surface area contributed by atoms with Crippen LogP contribution in [0, 0.1) is 17.3 Å². The molecule has 4 fully saturated rings. The van der Waals surface area contributed by atoms with Crippen molar-refractivity contribution in [1.29, 1.82) is 0 Å². The summed E-state index contributed by atoms with van der Waals surface area (Å²) in [5, 5.41) is 0. The summed E-state index contributed by atoms with van der Waals surface area (Å²) >= 11 is 0. The van der Waals surface area contributed by atoms with Crippen LogP contribution in [0.25, 0.3) is 0 Å². The first kappa shape index (κ1) is 20.0. The zero-order valence-corrected chi connectivity index (χ0v) is 16.4. The smallest absolute Gasteiger partial charge is 0.460 e. The molecule has 0 amide bonds. The third kappa shape index (κ3) is 3.23. The Bertz CT molecular complexity index is 509. The Morgan fingerprint density at radius 3 is 2.50 bits per heavy atom. The molecule has 4 rings (SSSR count). The number of hydrogen-bond donors (Lipinski definition) is 1. The first-order chi connectivity index (χ1) is 10.4. The number of esters is 1. The summed E-state index contributed by atoms with van der Waals surface area (Å²) in [6, 6.07) is 0. The molecule has 0 radical (unpaired) electrons. The van der Waals surface area contributed by atoms with Crippen LogP contribution >= 0.6 is 12.4 Å². The van der Waals surface area contributed by atoms with Gasteiger partial charge in [0.2, 0.25) is 0 Å². The second kappa shape index (κ2) is 6.15. The highest BCUT2D eigenvalue weighted by Gasteiger charge is 2.68. The van der Waals surface area contributed by atoms with Crippen molar-refractivity contribution in [3.8, 4) is 0 Å². The standard InChI is InChI=1S/C17H30BNO4.ClH/c1-15(2,3)21-14(20)9-13(19)18-22-12-8-10-7-11(16(10,4)5)17(12,6)23-18;/h10-13H,7-9,19H2,1-6H3;1H/t10-,11-,12+,13?,17-;/m0./s1. The fourth-order valence-corrected chi connectivity index (χ4v) is 4.75. The van der Waals surface area contributed by atoms with Crippen LogP contribution in [0.5, 0.6) is 0 Å². The van der Waals surface area contributed by atoms with E-state index in [2.05, 4.69) is 20.8 Å². The predicted octanol–water partition coefficient (Wildman–Crippen LogP) is 2.73. The fraction of sp³-hybridized carbons (Fsp3) is 0.941. The van der Waals surface area contributed by atoms with Gasteiger partial charge in [-0.25, -0.2) is 0 Å². The van der Waals surface area contributed by atoms with E-state index >= 15 is 0 Å². The lowest BCUT2D eigenvalue weighted by Crippen LogP contribution is -2.65. The quantitative estimate of drug-likeness (QED) is 0.619. The lowest BCUT2D eigenvalue weighted by Gasteiger charge is -2.64. The van der Waals surface area contributed by atoms with Crippen LogP contribution in [0.3, 0.4) is 0 Å². The second-order valence-corrected chi connectivity index (χ2v) is 9.29. The summed E-state index contributed by atoms with van der Waals surface area (Å²) < 4.78 is 17.7. The van der Waals surface area contributed by atoms with E-state index in [-0.39, 0.29) is 36.5 Å². The molecule has 1 unspecified atom stereocenters. The molecule has 0 spiro atoms. The first-order valence-corrected chi connectivity index (χ1v) is 8.74. The molecule has 3 saturated carbocycles. The molecule has 5 atom stereocenters. The Balaban J connectivity index is 0.00000208. The van der Waals surface area contributed by atoms with E-state index in [1.54, 1.807) is 0 Å². The first-order valence-electron chi connectivity index (χ1n) is 8.74. The van der Waals surface area contributed by atoms with Crippen molar-refractivity contribution in [2.75, 3.05) is 0 Å². The van der Waals surface area contributed by atoms with Crippen LogP contribution in [0.15, 0.2) is 0 Å². The van der Waals surface area contributed by atoms with E-state index in [1.165, 1.54) is 6.42 Å². The Labute approximate surface area is 151 Å². The van der Waals surface area contributed by atoms with E-state index in [9.17, 15) is 4.79 Å². The molecule has 0 aromatic carbocycles. The van der Waals surface area contributed by atoms with Gasteiger partial charge >= 0.3 is 13.1 Å². The molecule has 138 valence electrons. The number of hydrogen-bond acceptors (Lipinski definition) is 5. The maximum Gasteiger partial charge on any atom is 0.476 e. The minimum Gasteiger partial charge on any atom is -0.460 e. The number of halogens is 1. The lowest BCUT2D eigenvalue weighted by atomic mass is 9.43. The van der Waals surface area contributed by atoms with Gasteiger partial charge in [-0.3, -0.25) is 4.79 Å². The van der Waals surface area contributed by atoms with Gasteiger partial charge in [-0.1, -0.05) is 13.8 Å². The van der Waals surface area contributed by atoms with Gasteiger partial charge in [0.05, 0.1) is 18.1 Å². The Hall–Kier alpha value is -0.295. The molecule has 1 heterocycles. The summed E-state index contributed by atoms with van der Waals surface area (Å²) in [4.78, 5) is 12.0. The maximum atomic E-state index is 12.0. The molecule has 0 aromatic rings. The van der Waals surface area contributed by atoms with Gasteiger partial charge in [-0.2, -0.15) is 0 Å². The minimum absolute atomic E-state index is 0. The van der Waals surface area contributed by atoms with Crippen LogP contribution in [0.4, 0.5) is 0 Å². The van der Waals surface area contributed by atoms with E-state index in [0.29, 0.717) is 17.3 Å². The highest BCUT2D eigenvalue weighted by molar-refractivity contribution is 6.47. The average Bonchev–Trinajstić information content (AvgIpc) is 2.72. The van der Waals surface area contributed by atoms with E-state index in [0.717, 1.165) is 6.42 Å². The zero-order valence-electron chi connectivity index (χ0n) is 15.6. The number of ether oxygens (including phenoxy) is 1. The van der Waals surface area contributed by atoms with Crippen molar-refractivity contribution in [3.05, 3.63) is 0 Å². The summed E-state index contributed by atoms with van der Waals surface area (Å²) in [5.41, 5.74) is 5.71. The molecule has 2 bridgehead atoms. The average molecular weight is 360 g/mol. The van der Waals surface area contributed by atoms with Gasteiger partial charge in [0, 0.05) is 5.94 Å². The molecule has 7 heteroatoms. The van der Waals surface area contributed by atoms with Crippen molar-refractivity contribution in [2.45, 2.75) is 84.1 Å². The molecule has 5 nitrogen and oxygen atoms in total. The SMILES string of the molecule is CC(C)(C)OC(=O)CC(N)B1O[C@@H]2C[C@@H]3C[C@@H](C3(C)C)[C@]2(C)O1.Cl. The van der Waals surface area contributed by atoms with Gasteiger partial charge in [-0.15, -0.1) is 12.4 Å². The number of carbonyl (C=O) groups excluding carboxylic acids is 1. The van der Waals surface area contributed by atoms with Crippen LogP contribution < -0.4 is 5.73 Å². The maximum absolute atomic E-state index is 12.0. The summed E-state index contributed by atoms with van der Waals surface area (Å²) in [6.45, 7) is 12.4. The van der Waals surface area contributed by atoms with E-state index < -0.39 is 18.7 Å². The summed E-state index contributed by atoms with van der Waals surface area (Å²) in [5.74, 6) is 0.405. The van der Waals surface area contributed by atoms with Crippen molar-refractivity contribution in [3.63, 3.8) is 0 Å². The minimum atomic E-state index is -0.521. The molecular weight excluding hydrogens is 328 g/mol. The largest absolute Gasteiger partial charge is 0.476 e. The molecule has 1 aliphatic heterocycles. The molecule has 1 saturated heterocycles.